The molecule has 1 aliphatic heterocycles. The van der Waals surface area contributed by atoms with Gasteiger partial charge in [0.15, 0.2) is 4.80 Å². The topological polar surface area (TPSA) is 54.7 Å². The maximum atomic E-state index is 12.3. The van der Waals surface area contributed by atoms with Crippen LogP contribution in [0.1, 0.15) is 17.5 Å². The van der Waals surface area contributed by atoms with Crippen LogP contribution in [0.3, 0.4) is 0 Å². The smallest absolute Gasteiger partial charge is 0.253 e. The van der Waals surface area contributed by atoms with E-state index >= 15 is 0 Å². The third-order valence-electron chi connectivity index (χ3n) is 4.02. The number of aryl methyl sites for hydroxylation is 2. The molecule has 0 radical (unpaired) electrons. The second-order valence-electron chi connectivity index (χ2n) is 5.91. The first-order valence-electron chi connectivity index (χ1n) is 7.55. The summed E-state index contributed by atoms with van der Waals surface area (Å²) in [5, 5.41) is 1.88. The van der Waals surface area contributed by atoms with Crippen molar-refractivity contribution in [3.8, 4) is 0 Å². The van der Waals surface area contributed by atoms with Crippen molar-refractivity contribution >= 4 is 23.2 Å². The molecule has 6 heteroatoms. The number of hydrogen-bond acceptors (Lipinski definition) is 3. The van der Waals surface area contributed by atoms with Gasteiger partial charge in [-0.3, -0.25) is 9.59 Å². The quantitative estimate of drug-likeness (QED) is 0.863. The van der Waals surface area contributed by atoms with Crippen LogP contribution in [-0.4, -0.2) is 27.8 Å². The summed E-state index contributed by atoms with van der Waals surface area (Å²) >= 11 is 1.42. The molecule has 1 fully saturated rings. The molecule has 23 heavy (non-hydrogen) atoms. The number of aromatic nitrogens is 1. The molecule has 1 aromatic carbocycles. The van der Waals surface area contributed by atoms with E-state index in [1.807, 2.05) is 54.4 Å². The van der Waals surface area contributed by atoms with Gasteiger partial charge in [-0.25, -0.2) is 0 Å². The molecular weight excluding hydrogens is 310 g/mol. The van der Waals surface area contributed by atoms with Crippen molar-refractivity contribution in [2.75, 3.05) is 6.54 Å². The first-order chi connectivity index (χ1) is 11.0. The maximum absolute atomic E-state index is 12.3. The van der Waals surface area contributed by atoms with Crippen LogP contribution < -0.4 is 4.80 Å². The Balaban J connectivity index is 1.69. The highest BCUT2D eigenvalue weighted by atomic mass is 32.1. The van der Waals surface area contributed by atoms with E-state index < -0.39 is 0 Å². The van der Waals surface area contributed by atoms with Gasteiger partial charge in [-0.15, -0.1) is 11.3 Å². The van der Waals surface area contributed by atoms with Gasteiger partial charge in [-0.1, -0.05) is 29.8 Å². The molecule has 1 atom stereocenters. The Kier molecular flexibility index (Phi) is 4.43. The van der Waals surface area contributed by atoms with Gasteiger partial charge in [-0.2, -0.15) is 4.99 Å². The number of hydrogen-bond donors (Lipinski definition) is 0. The summed E-state index contributed by atoms with van der Waals surface area (Å²) in [7, 11) is 1.85. The van der Waals surface area contributed by atoms with Crippen LogP contribution in [0.25, 0.3) is 0 Å². The van der Waals surface area contributed by atoms with E-state index in [1.165, 1.54) is 16.9 Å². The molecule has 0 spiro atoms. The lowest BCUT2D eigenvalue weighted by atomic mass is 10.1. The number of likely N-dealkylation sites (tertiary alicyclic amines) is 1. The van der Waals surface area contributed by atoms with Crippen molar-refractivity contribution in [1.82, 2.24) is 9.47 Å². The standard InChI is InChI=1S/C17H19N3O2S/c1-12-3-5-13(6-4-12)10-20-11-14(9-15(20)21)16(22)18-17-19(2)7-8-23-17/h3-8,14H,9-11H2,1-2H3/t14-/m0/s1. The zero-order valence-electron chi connectivity index (χ0n) is 13.2. The summed E-state index contributed by atoms with van der Waals surface area (Å²) in [5.74, 6) is -0.521. The fourth-order valence-corrected chi connectivity index (χ4v) is 3.36. The number of amides is 2. The van der Waals surface area contributed by atoms with E-state index in [4.69, 9.17) is 0 Å². The molecule has 0 unspecified atom stereocenters. The lowest BCUT2D eigenvalue weighted by Gasteiger charge is -2.16. The van der Waals surface area contributed by atoms with Crippen molar-refractivity contribution in [3.05, 3.63) is 51.8 Å². The fraction of sp³-hybridized carbons (Fsp3) is 0.353. The lowest BCUT2D eigenvalue weighted by molar-refractivity contribution is -0.128. The summed E-state index contributed by atoms with van der Waals surface area (Å²) in [6, 6.07) is 8.11. The monoisotopic (exact) mass is 329 g/mol. The van der Waals surface area contributed by atoms with Crippen LogP contribution in [0.2, 0.25) is 0 Å². The summed E-state index contributed by atoms with van der Waals surface area (Å²) < 4.78 is 1.81. The molecule has 1 aromatic heterocycles. The number of thiazole rings is 1. The van der Waals surface area contributed by atoms with Crippen molar-refractivity contribution in [3.63, 3.8) is 0 Å². The Morgan fingerprint density at radius 1 is 1.35 bits per heavy atom. The second kappa shape index (κ2) is 6.50. The average molecular weight is 329 g/mol. The zero-order valence-corrected chi connectivity index (χ0v) is 14.0. The normalized spacial score (nSPS) is 18.7. The summed E-state index contributed by atoms with van der Waals surface area (Å²) in [6.45, 7) is 3.03. The minimum atomic E-state index is -0.338. The predicted molar refractivity (Wildman–Crippen MR) is 88.6 cm³/mol. The SMILES string of the molecule is Cc1ccc(CN2C[C@@H](C(=O)N=c3sccn3C)CC2=O)cc1. The molecule has 120 valence electrons. The van der Waals surface area contributed by atoms with Gasteiger partial charge >= 0.3 is 0 Å². The van der Waals surface area contributed by atoms with Crippen LogP contribution in [0.15, 0.2) is 40.8 Å². The number of benzene rings is 1. The Morgan fingerprint density at radius 2 is 2.09 bits per heavy atom. The fourth-order valence-electron chi connectivity index (χ4n) is 2.62. The molecule has 3 rings (SSSR count). The third-order valence-corrected chi connectivity index (χ3v) is 4.87. The van der Waals surface area contributed by atoms with Gasteiger partial charge in [0, 0.05) is 38.1 Å². The lowest BCUT2D eigenvalue weighted by Crippen LogP contribution is -2.26. The Hall–Kier alpha value is -2.21. The highest BCUT2D eigenvalue weighted by Gasteiger charge is 2.34. The van der Waals surface area contributed by atoms with Crippen LogP contribution in [0.5, 0.6) is 0 Å². The molecule has 2 heterocycles. The molecule has 2 aromatic rings. The maximum Gasteiger partial charge on any atom is 0.253 e. The molecular formula is C17H19N3O2S. The first kappa shape index (κ1) is 15.7. The molecule has 0 N–H and O–H groups in total. The van der Waals surface area contributed by atoms with Gasteiger partial charge in [0.1, 0.15) is 0 Å². The van der Waals surface area contributed by atoms with E-state index in [-0.39, 0.29) is 24.2 Å². The molecule has 1 aliphatic rings. The summed E-state index contributed by atoms with van der Waals surface area (Å²) in [5.41, 5.74) is 2.27. The minimum absolute atomic E-state index is 0.0229. The van der Waals surface area contributed by atoms with Gasteiger partial charge < -0.3 is 9.47 Å². The van der Waals surface area contributed by atoms with E-state index in [0.29, 0.717) is 17.9 Å². The Morgan fingerprint density at radius 3 is 2.74 bits per heavy atom. The van der Waals surface area contributed by atoms with Crippen LogP contribution in [0, 0.1) is 12.8 Å². The molecule has 1 saturated heterocycles. The summed E-state index contributed by atoms with van der Waals surface area (Å²) in [4.78, 5) is 31.0. The van der Waals surface area contributed by atoms with Gasteiger partial charge in [0.2, 0.25) is 5.91 Å². The van der Waals surface area contributed by atoms with Gasteiger partial charge in [0.05, 0.1) is 5.92 Å². The largest absolute Gasteiger partial charge is 0.338 e. The second-order valence-corrected chi connectivity index (χ2v) is 6.78. The van der Waals surface area contributed by atoms with Gasteiger partial charge in [-0.05, 0) is 12.5 Å². The Labute approximate surface area is 138 Å². The number of rotatable bonds is 3. The minimum Gasteiger partial charge on any atom is -0.338 e. The number of carbonyl (C=O) groups is 2. The van der Waals surface area contributed by atoms with Crippen LogP contribution >= 0.6 is 11.3 Å². The van der Waals surface area contributed by atoms with E-state index in [0.717, 1.165) is 5.56 Å². The van der Waals surface area contributed by atoms with E-state index in [2.05, 4.69) is 4.99 Å². The third kappa shape index (κ3) is 3.59. The predicted octanol–water partition coefficient (Wildman–Crippen LogP) is 1.87. The first-order valence-corrected chi connectivity index (χ1v) is 8.43. The number of nitrogens with zero attached hydrogens (tertiary/aromatic N) is 3. The Bertz CT molecular complexity index is 789. The highest BCUT2D eigenvalue weighted by molar-refractivity contribution is 7.07. The van der Waals surface area contributed by atoms with Crippen LogP contribution in [-0.2, 0) is 23.2 Å². The zero-order chi connectivity index (χ0) is 16.4. The van der Waals surface area contributed by atoms with Crippen molar-refractivity contribution in [2.24, 2.45) is 18.0 Å². The van der Waals surface area contributed by atoms with Crippen molar-refractivity contribution in [2.45, 2.75) is 19.9 Å². The molecule has 0 saturated carbocycles. The van der Waals surface area contributed by atoms with Crippen molar-refractivity contribution in [1.29, 1.82) is 0 Å². The average Bonchev–Trinajstić information content (AvgIpc) is 3.09. The van der Waals surface area contributed by atoms with Gasteiger partial charge in [0.25, 0.3) is 5.91 Å². The van der Waals surface area contributed by atoms with E-state index in [9.17, 15) is 9.59 Å². The van der Waals surface area contributed by atoms with E-state index in [1.54, 1.807) is 4.90 Å². The summed E-state index contributed by atoms with van der Waals surface area (Å²) in [6.07, 6.45) is 2.11. The molecule has 5 nitrogen and oxygen atoms in total. The molecule has 0 aliphatic carbocycles. The molecule has 0 bridgehead atoms. The van der Waals surface area contributed by atoms with Crippen molar-refractivity contribution < 1.29 is 9.59 Å². The molecule has 2 amide bonds. The number of carbonyl (C=O) groups excluding carboxylic acids is 2. The highest BCUT2D eigenvalue weighted by Crippen LogP contribution is 2.21. The van der Waals surface area contributed by atoms with Crippen LogP contribution in [0.4, 0.5) is 0 Å².